The van der Waals surface area contributed by atoms with Crippen LogP contribution in [-0.2, 0) is 14.6 Å². The molecule has 11 heteroatoms. The first-order valence-corrected chi connectivity index (χ1v) is 11.6. The lowest BCUT2D eigenvalue weighted by molar-refractivity contribution is 0.295. The Morgan fingerprint density at radius 1 is 1.17 bits per heavy atom. The molecular weight excluding hydrogens is 426 g/mol. The smallest absolute Gasteiger partial charge is 0.170 e. The maximum atomic E-state index is 12.8. The number of aromatic nitrogens is 2. The van der Waals surface area contributed by atoms with Crippen LogP contribution in [0.3, 0.4) is 0 Å². The third-order valence-corrected chi connectivity index (χ3v) is 7.76. The van der Waals surface area contributed by atoms with Crippen molar-refractivity contribution in [3.8, 4) is 11.4 Å². The Kier molecular flexibility index (Phi) is 6.86. The minimum atomic E-state index is -3.46. The first-order chi connectivity index (χ1) is 14.3. The van der Waals surface area contributed by atoms with Crippen molar-refractivity contribution in [2.45, 2.75) is 24.0 Å². The van der Waals surface area contributed by atoms with Gasteiger partial charge in [0, 0.05) is 30.5 Å². The summed E-state index contributed by atoms with van der Waals surface area (Å²) in [5.74, 6) is 0.462. The zero-order valence-corrected chi connectivity index (χ0v) is 18.0. The Balaban J connectivity index is 1.83. The van der Waals surface area contributed by atoms with Crippen LogP contribution < -0.4 is 16.4 Å². The van der Waals surface area contributed by atoms with Gasteiger partial charge in [-0.3, -0.25) is 0 Å². The Bertz CT molecular complexity index is 1010. The van der Waals surface area contributed by atoms with E-state index in [-0.39, 0.29) is 31.2 Å². The second-order valence-corrected chi connectivity index (χ2v) is 9.90. The van der Waals surface area contributed by atoms with E-state index in [4.69, 9.17) is 28.2 Å². The molecule has 30 heavy (non-hydrogen) atoms. The van der Waals surface area contributed by atoms with E-state index < -0.39 is 14.6 Å². The molecule has 3 rings (SSSR count). The average molecular weight is 452 g/mol. The average Bonchev–Trinajstić information content (AvgIpc) is 3.54. The summed E-state index contributed by atoms with van der Waals surface area (Å²) in [5, 5.41) is 24.1. The van der Waals surface area contributed by atoms with Crippen LogP contribution in [-0.4, -0.2) is 59.2 Å². The third-order valence-electron chi connectivity index (χ3n) is 4.88. The topological polar surface area (TPSA) is 150 Å². The number of hydrogen-bond acceptors (Lipinski definition) is 8. The summed E-state index contributed by atoms with van der Waals surface area (Å²) >= 11 is 5.13. The number of benzene rings is 1. The Morgan fingerprint density at radius 3 is 2.47 bits per heavy atom. The van der Waals surface area contributed by atoms with Crippen molar-refractivity contribution in [3.05, 3.63) is 36.0 Å². The summed E-state index contributed by atoms with van der Waals surface area (Å²) < 4.78 is 24.6. The second kappa shape index (κ2) is 9.21. The van der Waals surface area contributed by atoms with Crippen molar-refractivity contribution in [1.82, 2.24) is 15.3 Å². The molecular formula is C19H25N5O4S2. The molecule has 0 saturated heterocycles. The summed E-state index contributed by atoms with van der Waals surface area (Å²) in [4.78, 5) is 8.79. The third kappa shape index (κ3) is 4.86. The van der Waals surface area contributed by atoms with Gasteiger partial charge in [-0.15, -0.1) is 0 Å². The minimum absolute atomic E-state index is 0.0208. The van der Waals surface area contributed by atoms with Gasteiger partial charge in [0.15, 0.2) is 20.8 Å². The van der Waals surface area contributed by atoms with Gasteiger partial charge >= 0.3 is 0 Å². The summed E-state index contributed by atoms with van der Waals surface area (Å²) in [6, 6.07) is 8.68. The van der Waals surface area contributed by atoms with E-state index in [1.807, 2.05) is 0 Å². The van der Waals surface area contributed by atoms with Crippen LogP contribution in [0.2, 0.25) is 0 Å². The van der Waals surface area contributed by atoms with E-state index in [0.29, 0.717) is 41.6 Å². The zero-order chi connectivity index (χ0) is 21.8. The number of aliphatic hydroxyl groups excluding tert-OH is 2. The molecule has 1 heterocycles. The van der Waals surface area contributed by atoms with E-state index >= 15 is 0 Å². The fraction of sp³-hybridized carbons (Fsp3) is 0.421. The maximum absolute atomic E-state index is 12.8. The van der Waals surface area contributed by atoms with Gasteiger partial charge in [-0.2, -0.15) is 0 Å². The molecule has 0 bridgehead atoms. The van der Waals surface area contributed by atoms with E-state index in [9.17, 15) is 8.42 Å². The Morgan fingerprint density at radius 2 is 1.87 bits per heavy atom. The number of nitrogens with two attached hydrogens (primary N) is 1. The van der Waals surface area contributed by atoms with Crippen LogP contribution in [0, 0.1) is 0 Å². The number of thiocarbonyl (C=S) groups is 1. The van der Waals surface area contributed by atoms with Crippen LogP contribution in [0.5, 0.6) is 0 Å². The molecule has 0 radical (unpaired) electrons. The molecule has 1 aromatic carbocycles. The van der Waals surface area contributed by atoms with Gasteiger partial charge in [0.05, 0.1) is 18.1 Å². The summed E-state index contributed by atoms with van der Waals surface area (Å²) in [7, 11) is -3.46. The number of nitrogen functional groups attached to an aromatic ring is 1. The molecule has 0 aliphatic heterocycles. The molecule has 6 N–H and O–H groups in total. The van der Waals surface area contributed by atoms with Gasteiger partial charge in [0.1, 0.15) is 10.6 Å². The van der Waals surface area contributed by atoms with Crippen LogP contribution in [0.4, 0.5) is 11.5 Å². The lowest BCUT2D eigenvalue weighted by Crippen LogP contribution is -2.30. The monoisotopic (exact) mass is 451 g/mol. The van der Waals surface area contributed by atoms with Crippen LogP contribution >= 0.6 is 12.2 Å². The molecule has 2 aromatic rings. The number of rotatable bonds is 9. The van der Waals surface area contributed by atoms with Gasteiger partial charge in [-0.25, -0.2) is 18.4 Å². The number of aliphatic hydroxyl groups is 2. The fourth-order valence-electron chi connectivity index (χ4n) is 3.17. The molecule has 1 aliphatic rings. The Labute approximate surface area is 180 Å². The van der Waals surface area contributed by atoms with Gasteiger partial charge in [0.25, 0.3) is 0 Å². The van der Waals surface area contributed by atoms with Crippen molar-refractivity contribution in [2.24, 2.45) is 0 Å². The predicted octanol–water partition coefficient (Wildman–Crippen LogP) is 0.791. The van der Waals surface area contributed by atoms with Crippen molar-refractivity contribution in [2.75, 3.05) is 36.6 Å². The zero-order valence-electron chi connectivity index (χ0n) is 16.3. The highest BCUT2D eigenvalue weighted by molar-refractivity contribution is 7.92. The van der Waals surface area contributed by atoms with Crippen molar-refractivity contribution < 1.29 is 18.6 Å². The molecule has 0 atom stereocenters. The largest absolute Gasteiger partial charge is 0.396 e. The molecule has 0 unspecified atom stereocenters. The lowest BCUT2D eigenvalue weighted by Gasteiger charge is -2.17. The minimum Gasteiger partial charge on any atom is -0.396 e. The van der Waals surface area contributed by atoms with Crippen molar-refractivity contribution in [1.29, 1.82) is 0 Å². The van der Waals surface area contributed by atoms with Gasteiger partial charge in [-0.1, -0.05) is 0 Å². The van der Waals surface area contributed by atoms with Crippen molar-refractivity contribution in [3.63, 3.8) is 0 Å². The predicted molar refractivity (Wildman–Crippen MR) is 120 cm³/mol. The SMILES string of the molecule is Nc1cc(C2(S(=O)(=O)CCCO)CC2)nc(-c2ccc(NC(=S)NCCO)cc2)n1. The first-order valence-electron chi connectivity index (χ1n) is 9.56. The summed E-state index contributed by atoms with van der Waals surface area (Å²) in [5.41, 5.74) is 7.79. The highest BCUT2D eigenvalue weighted by atomic mass is 32.2. The van der Waals surface area contributed by atoms with Crippen molar-refractivity contribution >= 4 is 38.7 Å². The van der Waals surface area contributed by atoms with E-state index in [1.165, 1.54) is 6.07 Å². The van der Waals surface area contributed by atoms with Gasteiger partial charge in [0.2, 0.25) is 0 Å². The molecule has 0 amide bonds. The maximum Gasteiger partial charge on any atom is 0.170 e. The summed E-state index contributed by atoms with van der Waals surface area (Å²) in [6.45, 7) is 0.158. The molecule has 1 aliphatic carbocycles. The van der Waals surface area contributed by atoms with Gasteiger partial charge < -0.3 is 26.6 Å². The summed E-state index contributed by atoms with van der Waals surface area (Å²) in [6.07, 6.45) is 1.16. The first kappa shape index (κ1) is 22.3. The van der Waals surface area contributed by atoms with Gasteiger partial charge in [-0.05, 0) is 55.7 Å². The van der Waals surface area contributed by atoms with E-state index in [1.54, 1.807) is 24.3 Å². The van der Waals surface area contributed by atoms with E-state index in [0.717, 1.165) is 5.69 Å². The molecule has 0 spiro atoms. The highest BCUT2D eigenvalue weighted by Gasteiger charge is 2.56. The molecule has 1 aromatic heterocycles. The highest BCUT2D eigenvalue weighted by Crippen LogP contribution is 2.53. The molecule has 9 nitrogen and oxygen atoms in total. The van der Waals surface area contributed by atoms with E-state index in [2.05, 4.69) is 20.6 Å². The number of nitrogens with zero attached hydrogens (tertiary/aromatic N) is 2. The second-order valence-electron chi connectivity index (χ2n) is 7.07. The Hall–Kier alpha value is -2.34. The number of sulfone groups is 1. The fourth-order valence-corrected chi connectivity index (χ4v) is 5.43. The lowest BCUT2D eigenvalue weighted by atomic mass is 10.1. The van der Waals surface area contributed by atoms with Crippen LogP contribution in [0.25, 0.3) is 11.4 Å². The van der Waals surface area contributed by atoms with Crippen LogP contribution in [0.1, 0.15) is 25.0 Å². The molecule has 1 fully saturated rings. The molecule has 162 valence electrons. The number of anilines is 2. The number of hydrogen-bond donors (Lipinski definition) is 5. The number of nitrogens with one attached hydrogen (secondary N) is 2. The normalized spacial score (nSPS) is 14.9. The standard InChI is InChI=1S/C19H25N5O4S2/c20-16-12-15(19(6-7-19)30(27,28)11-1-9-25)23-17(24-16)13-2-4-14(5-3-13)22-18(29)21-8-10-26/h2-5,12,25-26H,1,6-11H2,(H2,20,23,24)(H2,21,22,29). The van der Waals surface area contributed by atoms with Crippen LogP contribution in [0.15, 0.2) is 30.3 Å². The quantitative estimate of drug-likeness (QED) is 0.346. The molecule has 1 saturated carbocycles.